The monoisotopic (exact) mass is 476 g/mol. The number of hydrogen-bond acceptors (Lipinski definition) is 8. The molecule has 0 bridgehead atoms. The molecule has 32 heavy (non-hydrogen) atoms. The van der Waals surface area contributed by atoms with Gasteiger partial charge in [-0.3, -0.25) is 14.9 Å². The molecule has 0 saturated heterocycles. The maximum atomic E-state index is 12.7. The molecule has 168 valence electrons. The average molecular weight is 477 g/mol. The van der Waals surface area contributed by atoms with Crippen molar-refractivity contribution in [1.82, 2.24) is 23.8 Å². The third-order valence-electron chi connectivity index (χ3n) is 4.40. The van der Waals surface area contributed by atoms with Gasteiger partial charge in [-0.05, 0) is 29.5 Å². The lowest BCUT2D eigenvalue weighted by Gasteiger charge is -2.20. The lowest BCUT2D eigenvalue weighted by atomic mass is 10.2. The summed E-state index contributed by atoms with van der Waals surface area (Å²) in [6, 6.07) is 12.7. The Balaban J connectivity index is 1.81. The van der Waals surface area contributed by atoms with Gasteiger partial charge in [0.2, 0.25) is 0 Å². The summed E-state index contributed by atoms with van der Waals surface area (Å²) < 4.78 is 30.1. The summed E-state index contributed by atoms with van der Waals surface area (Å²) in [5.74, 6) is -0.963. The first-order chi connectivity index (χ1) is 15.2. The van der Waals surface area contributed by atoms with Crippen LogP contribution >= 0.6 is 11.8 Å². The summed E-state index contributed by atoms with van der Waals surface area (Å²) in [5, 5.41) is 19.6. The first-order valence-electron chi connectivity index (χ1n) is 9.37. The van der Waals surface area contributed by atoms with Gasteiger partial charge in [-0.2, -0.15) is 12.7 Å². The zero-order valence-corrected chi connectivity index (χ0v) is 18.8. The SMILES string of the molecule is CCN(Cc1ccccc1)S(=O)(=O)NC(=O)c1ccc(Sc2nncn2C)c([N+](=O)[O-])c1. The van der Waals surface area contributed by atoms with Crippen LogP contribution in [0.3, 0.4) is 0 Å². The van der Waals surface area contributed by atoms with Crippen molar-refractivity contribution in [3.63, 3.8) is 0 Å². The van der Waals surface area contributed by atoms with Crippen LogP contribution in [0.15, 0.2) is 64.9 Å². The Morgan fingerprint density at radius 3 is 2.56 bits per heavy atom. The summed E-state index contributed by atoms with van der Waals surface area (Å²) in [7, 11) is -2.48. The van der Waals surface area contributed by atoms with E-state index in [0.29, 0.717) is 5.16 Å². The average Bonchev–Trinajstić information content (AvgIpc) is 3.16. The number of nitro benzene ring substituents is 1. The first-order valence-corrected chi connectivity index (χ1v) is 11.6. The molecule has 3 rings (SSSR count). The van der Waals surface area contributed by atoms with Gasteiger partial charge < -0.3 is 4.57 Å². The Hall–Kier alpha value is -3.29. The summed E-state index contributed by atoms with van der Waals surface area (Å²) in [6.07, 6.45) is 1.45. The third-order valence-corrected chi connectivity index (χ3v) is 7.03. The van der Waals surface area contributed by atoms with Gasteiger partial charge in [-0.25, -0.2) is 4.72 Å². The first kappa shape index (κ1) is 23.4. The Bertz CT molecular complexity index is 1230. The van der Waals surface area contributed by atoms with Crippen molar-refractivity contribution >= 4 is 33.6 Å². The molecular formula is C19H20N6O5S2. The molecule has 0 aliphatic heterocycles. The number of nitrogens with one attached hydrogen (secondary N) is 1. The number of aryl methyl sites for hydroxylation is 1. The normalized spacial score (nSPS) is 11.5. The molecule has 0 aliphatic rings. The number of amides is 1. The van der Waals surface area contributed by atoms with Crippen LogP contribution in [0.2, 0.25) is 0 Å². The fraction of sp³-hybridized carbons (Fsp3) is 0.211. The topological polar surface area (TPSA) is 140 Å². The fourth-order valence-corrected chi connectivity index (χ4v) is 4.74. The minimum absolute atomic E-state index is 0.0768. The molecule has 0 atom stereocenters. The highest BCUT2D eigenvalue weighted by atomic mass is 32.2. The molecule has 1 aromatic heterocycles. The second kappa shape index (κ2) is 9.89. The molecular weight excluding hydrogens is 456 g/mol. The van der Waals surface area contributed by atoms with Crippen molar-refractivity contribution < 1.29 is 18.1 Å². The lowest BCUT2D eigenvalue weighted by molar-refractivity contribution is -0.387. The van der Waals surface area contributed by atoms with E-state index in [9.17, 15) is 23.3 Å². The van der Waals surface area contributed by atoms with Crippen molar-refractivity contribution in [3.8, 4) is 0 Å². The Morgan fingerprint density at radius 1 is 1.25 bits per heavy atom. The van der Waals surface area contributed by atoms with Gasteiger partial charge in [0, 0.05) is 31.8 Å². The van der Waals surface area contributed by atoms with E-state index >= 15 is 0 Å². The van der Waals surface area contributed by atoms with Crippen LogP contribution in [0.1, 0.15) is 22.8 Å². The van der Waals surface area contributed by atoms with Crippen molar-refractivity contribution in [2.24, 2.45) is 7.05 Å². The van der Waals surface area contributed by atoms with Crippen LogP contribution in [0.5, 0.6) is 0 Å². The highest BCUT2D eigenvalue weighted by Crippen LogP contribution is 2.34. The van der Waals surface area contributed by atoms with E-state index < -0.39 is 21.0 Å². The van der Waals surface area contributed by atoms with E-state index in [0.717, 1.165) is 27.7 Å². The van der Waals surface area contributed by atoms with Crippen molar-refractivity contribution in [2.75, 3.05) is 6.54 Å². The standard InChI is InChI=1S/C19H20N6O5S2/c1-3-24(12-14-7-5-4-6-8-14)32(29,30)22-18(26)15-9-10-17(16(11-15)25(27)28)31-19-21-20-13-23(19)2/h4-11,13H,3,12H2,1-2H3,(H,22,26). The van der Waals surface area contributed by atoms with Crippen LogP contribution in [-0.4, -0.2) is 44.9 Å². The Labute approximate surface area is 188 Å². The van der Waals surface area contributed by atoms with Crippen LogP contribution in [-0.2, 0) is 23.8 Å². The molecule has 11 nitrogen and oxygen atoms in total. The quantitative estimate of drug-likeness (QED) is 0.367. The van der Waals surface area contributed by atoms with Crippen molar-refractivity contribution in [1.29, 1.82) is 0 Å². The second-order valence-corrected chi connectivity index (χ2v) is 9.29. The second-order valence-electron chi connectivity index (χ2n) is 6.61. The van der Waals surface area contributed by atoms with Gasteiger partial charge in [-0.1, -0.05) is 37.3 Å². The molecule has 1 heterocycles. The van der Waals surface area contributed by atoms with Crippen LogP contribution in [0.25, 0.3) is 0 Å². The van der Waals surface area contributed by atoms with Gasteiger partial charge in [0.05, 0.1) is 9.82 Å². The number of rotatable bonds is 9. The number of nitrogens with zero attached hydrogens (tertiary/aromatic N) is 5. The molecule has 13 heteroatoms. The van der Waals surface area contributed by atoms with Gasteiger partial charge in [0.1, 0.15) is 6.33 Å². The molecule has 0 saturated carbocycles. The number of benzene rings is 2. The summed E-state index contributed by atoms with van der Waals surface area (Å²) in [4.78, 5) is 23.8. The smallest absolute Gasteiger partial charge is 0.304 e. The highest BCUT2D eigenvalue weighted by Gasteiger charge is 2.26. The van der Waals surface area contributed by atoms with E-state index in [-0.39, 0.29) is 29.2 Å². The largest absolute Gasteiger partial charge is 0.311 e. The number of carbonyl (C=O) groups excluding carboxylic acids is 1. The third kappa shape index (κ3) is 5.49. The maximum absolute atomic E-state index is 12.7. The fourth-order valence-electron chi connectivity index (χ4n) is 2.75. The summed E-state index contributed by atoms with van der Waals surface area (Å²) in [6.45, 7) is 1.86. The van der Waals surface area contributed by atoms with Crippen LogP contribution < -0.4 is 4.72 Å². The molecule has 3 aromatic rings. The predicted molar refractivity (Wildman–Crippen MR) is 117 cm³/mol. The van der Waals surface area contributed by atoms with Gasteiger partial charge >= 0.3 is 10.2 Å². The van der Waals surface area contributed by atoms with Gasteiger partial charge in [0.25, 0.3) is 11.6 Å². The summed E-state index contributed by atoms with van der Waals surface area (Å²) in [5.41, 5.74) is 0.256. The molecule has 1 N–H and O–H groups in total. The van der Waals surface area contributed by atoms with Gasteiger partial charge in [0.15, 0.2) is 5.16 Å². The van der Waals surface area contributed by atoms with E-state index in [2.05, 4.69) is 10.2 Å². The molecule has 0 fully saturated rings. The maximum Gasteiger partial charge on any atom is 0.304 e. The molecule has 0 radical (unpaired) electrons. The Morgan fingerprint density at radius 2 is 1.97 bits per heavy atom. The number of hydrogen-bond donors (Lipinski definition) is 1. The highest BCUT2D eigenvalue weighted by molar-refractivity contribution is 7.99. The number of nitro groups is 1. The lowest BCUT2D eigenvalue weighted by Crippen LogP contribution is -2.43. The molecule has 2 aromatic carbocycles. The van der Waals surface area contributed by atoms with Crippen LogP contribution in [0, 0.1) is 10.1 Å². The minimum atomic E-state index is -4.17. The predicted octanol–water partition coefficient (Wildman–Crippen LogP) is 2.37. The van der Waals surface area contributed by atoms with Crippen LogP contribution in [0.4, 0.5) is 5.69 Å². The number of aromatic nitrogens is 3. The van der Waals surface area contributed by atoms with Crippen molar-refractivity contribution in [2.45, 2.75) is 23.5 Å². The minimum Gasteiger partial charge on any atom is -0.311 e. The van der Waals surface area contributed by atoms with E-state index in [1.165, 1.54) is 18.5 Å². The molecule has 0 unspecified atom stereocenters. The van der Waals surface area contributed by atoms with Gasteiger partial charge in [-0.15, -0.1) is 10.2 Å². The molecule has 0 spiro atoms. The number of carbonyl (C=O) groups is 1. The van der Waals surface area contributed by atoms with E-state index in [1.54, 1.807) is 42.8 Å². The van der Waals surface area contributed by atoms with E-state index in [4.69, 9.17) is 0 Å². The zero-order chi connectivity index (χ0) is 23.3. The molecule has 1 amide bonds. The Kier molecular flexibility index (Phi) is 7.22. The van der Waals surface area contributed by atoms with E-state index in [1.807, 2.05) is 10.8 Å². The summed E-state index contributed by atoms with van der Waals surface area (Å²) >= 11 is 1.01. The molecule has 0 aliphatic carbocycles. The zero-order valence-electron chi connectivity index (χ0n) is 17.2. The van der Waals surface area contributed by atoms with Crippen molar-refractivity contribution in [3.05, 3.63) is 76.1 Å².